The van der Waals surface area contributed by atoms with Crippen LogP contribution in [0.5, 0.6) is 0 Å². The summed E-state index contributed by atoms with van der Waals surface area (Å²) in [6, 6.07) is 8.60. The molecule has 0 spiro atoms. The minimum absolute atomic E-state index is 0.217. The van der Waals surface area contributed by atoms with Gasteiger partial charge in [0.25, 0.3) is 0 Å². The van der Waals surface area contributed by atoms with Crippen molar-refractivity contribution in [3.63, 3.8) is 0 Å². The molecule has 0 saturated carbocycles. The first kappa shape index (κ1) is 13.7. The molecule has 0 radical (unpaired) electrons. The van der Waals surface area contributed by atoms with Crippen LogP contribution >= 0.6 is 0 Å². The van der Waals surface area contributed by atoms with Gasteiger partial charge >= 0.3 is 0 Å². The zero-order chi connectivity index (χ0) is 13.1. The molecule has 1 unspecified atom stereocenters. The minimum Gasteiger partial charge on any atom is -0.369 e. The summed E-state index contributed by atoms with van der Waals surface area (Å²) < 4.78 is 0. The molecule has 1 rings (SSSR count). The normalized spacial score (nSPS) is 13.4. The number of carbonyl (C=O) groups excluding carboxylic acids is 1. The van der Waals surface area contributed by atoms with Crippen LogP contribution < -0.4 is 11.1 Å². The monoisotopic (exact) mass is 234 g/mol. The van der Waals surface area contributed by atoms with Gasteiger partial charge in [0.1, 0.15) is 0 Å². The van der Waals surface area contributed by atoms with Crippen LogP contribution in [0.4, 0.5) is 0 Å². The first-order valence-corrected chi connectivity index (χ1v) is 5.93. The van der Waals surface area contributed by atoms with Crippen molar-refractivity contribution in [2.45, 2.75) is 33.7 Å². The molecule has 1 aromatic rings. The zero-order valence-corrected chi connectivity index (χ0v) is 11.1. The van der Waals surface area contributed by atoms with Crippen LogP contribution in [0.3, 0.4) is 0 Å². The minimum atomic E-state index is -0.515. The summed E-state index contributed by atoms with van der Waals surface area (Å²) in [6.45, 7) is 8.44. The predicted molar refractivity (Wildman–Crippen MR) is 70.6 cm³/mol. The summed E-state index contributed by atoms with van der Waals surface area (Å²) in [5.74, 6) is -0.277. The first-order valence-electron chi connectivity index (χ1n) is 5.93. The molecule has 3 nitrogen and oxygen atoms in total. The summed E-state index contributed by atoms with van der Waals surface area (Å²) >= 11 is 0. The number of hydrogen-bond acceptors (Lipinski definition) is 2. The third-order valence-corrected chi connectivity index (χ3v) is 3.09. The molecule has 94 valence electrons. The number of aryl methyl sites for hydroxylation is 1. The van der Waals surface area contributed by atoms with Gasteiger partial charge in [-0.2, -0.15) is 0 Å². The van der Waals surface area contributed by atoms with E-state index in [9.17, 15) is 4.79 Å². The second-order valence-corrected chi connectivity index (χ2v) is 5.26. The number of nitrogens with two attached hydrogens (primary N) is 1. The van der Waals surface area contributed by atoms with Crippen molar-refractivity contribution in [2.24, 2.45) is 11.1 Å². The summed E-state index contributed by atoms with van der Waals surface area (Å²) in [5.41, 5.74) is 7.29. The SMILES string of the molecule is Cc1ccc(C(C)NCC(C)(C)C(N)=O)cc1. The molecule has 17 heavy (non-hydrogen) atoms. The van der Waals surface area contributed by atoms with Gasteiger partial charge in [-0.25, -0.2) is 0 Å². The summed E-state index contributed by atoms with van der Waals surface area (Å²) in [6.07, 6.45) is 0. The van der Waals surface area contributed by atoms with Gasteiger partial charge in [-0.3, -0.25) is 4.79 Å². The smallest absolute Gasteiger partial charge is 0.224 e. The van der Waals surface area contributed by atoms with Crippen LogP contribution in [0.2, 0.25) is 0 Å². The Morgan fingerprint density at radius 2 is 1.88 bits per heavy atom. The molecular formula is C14H22N2O. The molecule has 1 atom stereocenters. The van der Waals surface area contributed by atoms with E-state index in [1.807, 2.05) is 13.8 Å². The van der Waals surface area contributed by atoms with E-state index in [2.05, 4.69) is 43.4 Å². The molecule has 0 aliphatic rings. The number of nitrogens with one attached hydrogen (secondary N) is 1. The second kappa shape index (κ2) is 5.32. The fourth-order valence-electron chi connectivity index (χ4n) is 1.47. The van der Waals surface area contributed by atoms with Crippen LogP contribution in [0.1, 0.15) is 37.9 Å². The van der Waals surface area contributed by atoms with Gasteiger partial charge in [0, 0.05) is 12.6 Å². The van der Waals surface area contributed by atoms with Crippen LogP contribution in [-0.2, 0) is 4.79 Å². The average Bonchev–Trinajstić information content (AvgIpc) is 2.27. The number of benzene rings is 1. The molecule has 0 heterocycles. The third kappa shape index (κ3) is 3.86. The molecule has 0 aliphatic heterocycles. The molecule has 3 heteroatoms. The van der Waals surface area contributed by atoms with Gasteiger partial charge in [-0.1, -0.05) is 29.8 Å². The Morgan fingerprint density at radius 1 is 1.35 bits per heavy atom. The number of hydrogen-bond donors (Lipinski definition) is 2. The highest BCUT2D eigenvalue weighted by molar-refractivity contribution is 5.80. The largest absolute Gasteiger partial charge is 0.369 e. The lowest BCUT2D eigenvalue weighted by Gasteiger charge is -2.24. The van der Waals surface area contributed by atoms with Crippen molar-refractivity contribution in [2.75, 3.05) is 6.54 Å². The Hall–Kier alpha value is -1.35. The quantitative estimate of drug-likeness (QED) is 0.820. The number of carbonyl (C=O) groups is 1. The Morgan fingerprint density at radius 3 is 2.35 bits per heavy atom. The maximum absolute atomic E-state index is 11.2. The maximum atomic E-state index is 11.2. The Labute approximate surface area is 103 Å². The van der Waals surface area contributed by atoms with Crippen molar-refractivity contribution in [3.8, 4) is 0 Å². The average molecular weight is 234 g/mol. The van der Waals surface area contributed by atoms with E-state index in [0.29, 0.717) is 6.54 Å². The summed E-state index contributed by atoms with van der Waals surface area (Å²) in [7, 11) is 0. The molecule has 0 aliphatic carbocycles. The van der Waals surface area contributed by atoms with Crippen LogP contribution in [0.15, 0.2) is 24.3 Å². The van der Waals surface area contributed by atoms with E-state index in [-0.39, 0.29) is 11.9 Å². The van der Waals surface area contributed by atoms with Crippen molar-refractivity contribution >= 4 is 5.91 Å². The highest BCUT2D eigenvalue weighted by Gasteiger charge is 2.25. The molecule has 0 bridgehead atoms. The van der Waals surface area contributed by atoms with Crippen LogP contribution in [0, 0.1) is 12.3 Å². The lowest BCUT2D eigenvalue weighted by Crippen LogP contribution is -2.41. The van der Waals surface area contributed by atoms with E-state index in [1.54, 1.807) is 0 Å². The van der Waals surface area contributed by atoms with Gasteiger partial charge in [-0.15, -0.1) is 0 Å². The van der Waals surface area contributed by atoms with E-state index in [4.69, 9.17) is 5.73 Å². The van der Waals surface area contributed by atoms with Gasteiger partial charge in [0.2, 0.25) is 5.91 Å². The van der Waals surface area contributed by atoms with Gasteiger partial charge in [-0.05, 0) is 33.3 Å². The lowest BCUT2D eigenvalue weighted by atomic mass is 9.92. The summed E-state index contributed by atoms with van der Waals surface area (Å²) in [4.78, 5) is 11.2. The van der Waals surface area contributed by atoms with Crippen molar-refractivity contribution in [1.29, 1.82) is 0 Å². The Balaban J connectivity index is 2.58. The molecule has 0 aromatic heterocycles. The first-order chi connectivity index (χ1) is 7.83. The molecular weight excluding hydrogens is 212 g/mol. The highest BCUT2D eigenvalue weighted by Crippen LogP contribution is 2.17. The second-order valence-electron chi connectivity index (χ2n) is 5.26. The molecule has 1 amide bonds. The van der Waals surface area contributed by atoms with E-state index in [0.717, 1.165) is 0 Å². The highest BCUT2D eigenvalue weighted by atomic mass is 16.1. The zero-order valence-electron chi connectivity index (χ0n) is 11.1. The van der Waals surface area contributed by atoms with E-state index >= 15 is 0 Å². The predicted octanol–water partition coefficient (Wildman–Crippen LogP) is 2.16. The van der Waals surface area contributed by atoms with Crippen LogP contribution in [-0.4, -0.2) is 12.5 Å². The van der Waals surface area contributed by atoms with Crippen LogP contribution in [0.25, 0.3) is 0 Å². The molecule has 1 aromatic carbocycles. The van der Waals surface area contributed by atoms with Crippen molar-refractivity contribution < 1.29 is 4.79 Å². The van der Waals surface area contributed by atoms with E-state index in [1.165, 1.54) is 11.1 Å². The molecule has 0 fully saturated rings. The van der Waals surface area contributed by atoms with E-state index < -0.39 is 5.41 Å². The topological polar surface area (TPSA) is 55.1 Å². The lowest BCUT2D eigenvalue weighted by molar-refractivity contribution is -0.125. The fourth-order valence-corrected chi connectivity index (χ4v) is 1.47. The Bertz CT molecular complexity index is 382. The number of primary amides is 1. The Kier molecular flexibility index (Phi) is 4.29. The van der Waals surface area contributed by atoms with Gasteiger partial charge in [0.15, 0.2) is 0 Å². The fraction of sp³-hybridized carbons (Fsp3) is 0.500. The van der Waals surface area contributed by atoms with Crippen molar-refractivity contribution in [3.05, 3.63) is 35.4 Å². The third-order valence-electron chi connectivity index (χ3n) is 3.09. The van der Waals surface area contributed by atoms with Gasteiger partial charge < -0.3 is 11.1 Å². The summed E-state index contributed by atoms with van der Waals surface area (Å²) in [5, 5.41) is 3.34. The van der Waals surface area contributed by atoms with Gasteiger partial charge in [0.05, 0.1) is 5.41 Å². The number of rotatable bonds is 5. The molecule has 0 saturated heterocycles. The molecule has 3 N–H and O–H groups in total. The van der Waals surface area contributed by atoms with Crippen molar-refractivity contribution in [1.82, 2.24) is 5.32 Å². The maximum Gasteiger partial charge on any atom is 0.224 e. The number of amides is 1. The standard InChI is InChI=1S/C14H22N2O/c1-10-5-7-12(8-6-10)11(2)16-9-14(3,4)13(15)17/h5-8,11,16H,9H2,1-4H3,(H2,15,17).